The van der Waals surface area contributed by atoms with Crippen LogP contribution in [0.4, 0.5) is 4.39 Å². The van der Waals surface area contributed by atoms with Crippen LogP contribution in [0.15, 0.2) is 36.7 Å². The lowest BCUT2D eigenvalue weighted by atomic mass is 10.1. The van der Waals surface area contributed by atoms with Crippen molar-refractivity contribution in [2.24, 2.45) is 7.05 Å². The van der Waals surface area contributed by atoms with E-state index in [2.05, 4.69) is 4.98 Å². The first-order valence-corrected chi connectivity index (χ1v) is 6.00. The zero-order valence-corrected chi connectivity index (χ0v) is 11.0. The van der Waals surface area contributed by atoms with Crippen molar-refractivity contribution in [2.45, 2.75) is 6.54 Å². The Morgan fingerprint density at radius 1 is 1.42 bits per heavy atom. The van der Waals surface area contributed by atoms with E-state index in [-0.39, 0.29) is 17.9 Å². The monoisotopic (exact) mass is 261 g/mol. The van der Waals surface area contributed by atoms with E-state index in [9.17, 15) is 9.18 Å². The molecule has 1 aromatic carbocycles. The fourth-order valence-corrected chi connectivity index (χ4v) is 1.86. The molecule has 0 saturated heterocycles. The number of hydrogen-bond acceptors (Lipinski definition) is 3. The first kappa shape index (κ1) is 13.4. The summed E-state index contributed by atoms with van der Waals surface area (Å²) in [6.45, 7) is 0.706. The van der Waals surface area contributed by atoms with E-state index in [0.717, 1.165) is 5.82 Å². The van der Waals surface area contributed by atoms with Gasteiger partial charge in [0.05, 0.1) is 18.7 Å². The van der Waals surface area contributed by atoms with E-state index in [1.807, 2.05) is 29.8 Å². The second-order valence-electron chi connectivity index (χ2n) is 4.53. The molecule has 0 radical (unpaired) electrons. The van der Waals surface area contributed by atoms with Gasteiger partial charge in [0, 0.05) is 19.4 Å². The molecule has 1 aromatic heterocycles. The fraction of sp³-hybridized carbons (Fsp3) is 0.286. The van der Waals surface area contributed by atoms with Crippen LogP contribution in [-0.4, -0.2) is 33.8 Å². The predicted octanol–water partition coefficient (Wildman–Crippen LogP) is 1.87. The van der Waals surface area contributed by atoms with Crippen molar-refractivity contribution in [3.63, 3.8) is 0 Å². The number of hydrogen-bond donors (Lipinski definition) is 0. The summed E-state index contributed by atoms with van der Waals surface area (Å²) < 4.78 is 15.4. The van der Waals surface area contributed by atoms with Gasteiger partial charge in [-0.2, -0.15) is 0 Å². The maximum Gasteiger partial charge on any atom is 0.179 e. The Balaban J connectivity index is 2.00. The zero-order chi connectivity index (χ0) is 13.8. The van der Waals surface area contributed by atoms with Gasteiger partial charge in [-0.15, -0.1) is 0 Å². The van der Waals surface area contributed by atoms with Gasteiger partial charge in [0.25, 0.3) is 0 Å². The standard InChI is InChI=1S/C14H16FN3O/c1-17(10-14-16-7-8-18(14)2)9-13(19)11-5-3-4-6-12(11)15/h3-8H,9-10H2,1-2H3. The highest BCUT2D eigenvalue weighted by Crippen LogP contribution is 2.08. The van der Waals surface area contributed by atoms with E-state index in [4.69, 9.17) is 0 Å². The number of ketones is 1. The minimum absolute atomic E-state index is 0.134. The maximum absolute atomic E-state index is 13.5. The van der Waals surface area contributed by atoms with Crippen LogP contribution in [0, 0.1) is 5.82 Å². The molecular weight excluding hydrogens is 245 g/mol. The Morgan fingerprint density at radius 3 is 2.79 bits per heavy atom. The van der Waals surface area contributed by atoms with Crippen LogP contribution in [0.5, 0.6) is 0 Å². The third kappa shape index (κ3) is 3.26. The third-order valence-corrected chi connectivity index (χ3v) is 2.92. The van der Waals surface area contributed by atoms with Crippen LogP contribution >= 0.6 is 0 Å². The molecule has 0 unspecified atom stereocenters. The second kappa shape index (κ2) is 5.75. The Hall–Kier alpha value is -2.01. The molecule has 0 aliphatic carbocycles. The fourth-order valence-electron chi connectivity index (χ4n) is 1.86. The van der Waals surface area contributed by atoms with Crippen molar-refractivity contribution >= 4 is 5.78 Å². The number of benzene rings is 1. The van der Waals surface area contributed by atoms with Gasteiger partial charge < -0.3 is 4.57 Å². The summed E-state index contributed by atoms with van der Waals surface area (Å²) in [5.74, 6) is 0.163. The number of imidazole rings is 1. The van der Waals surface area contributed by atoms with Gasteiger partial charge in [0.1, 0.15) is 11.6 Å². The molecule has 5 heteroatoms. The Kier molecular flexibility index (Phi) is 4.06. The molecule has 0 saturated carbocycles. The number of carbonyl (C=O) groups is 1. The number of carbonyl (C=O) groups excluding carboxylic acids is 1. The number of aromatic nitrogens is 2. The molecule has 0 N–H and O–H groups in total. The lowest BCUT2D eigenvalue weighted by Crippen LogP contribution is -2.27. The average Bonchev–Trinajstić information content (AvgIpc) is 2.75. The number of Topliss-reactive ketones (excluding diaryl/α,β-unsaturated/α-hetero) is 1. The lowest BCUT2D eigenvalue weighted by Gasteiger charge is -2.15. The predicted molar refractivity (Wildman–Crippen MR) is 70.3 cm³/mol. The second-order valence-corrected chi connectivity index (χ2v) is 4.53. The van der Waals surface area contributed by atoms with Crippen molar-refractivity contribution in [1.29, 1.82) is 0 Å². The molecular formula is C14H16FN3O. The molecule has 0 spiro atoms. The molecule has 0 aliphatic rings. The Labute approximate surface area is 111 Å². The maximum atomic E-state index is 13.5. The SMILES string of the molecule is CN(CC(=O)c1ccccc1F)Cc1nccn1C. The molecule has 100 valence electrons. The van der Waals surface area contributed by atoms with Gasteiger partial charge in [0.15, 0.2) is 5.78 Å². The van der Waals surface area contributed by atoms with Gasteiger partial charge in [-0.3, -0.25) is 9.69 Å². The van der Waals surface area contributed by atoms with Gasteiger partial charge in [-0.1, -0.05) is 12.1 Å². The first-order chi connectivity index (χ1) is 9.08. The quantitative estimate of drug-likeness (QED) is 0.771. The summed E-state index contributed by atoms with van der Waals surface area (Å²) in [4.78, 5) is 18.0. The molecule has 0 bridgehead atoms. The molecule has 19 heavy (non-hydrogen) atoms. The normalized spacial score (nSPS) is 10.9. The van der Waals surface area contributed by atoms with E-state index >= 15 is 0 Å². The molecule has 0 atom stereocenters. The smallest absolute Gasteiger partial charge is 0.179 e. The van der Waals surface area contributed by atoms with E-state index in [1.54, 1.807) is 18.3 Å². The van der Waals surface area contributed by atoms with Crippen LogP contribution < -0.4 is 0 Å². The molecule has 0 fully saturated rings. The molecule has 0 aliphatic heterocycles. The largest absolute Gasteiger partial charge is 0.337 e. The number of rotatable bonds is 5. The first-order valence-electron chi connectivity index (χ1n) is 6.00. The van der Waals surface area contributed by atoms with Crippen LogP contribution in [0.25, 0.3) is 0 Å². The number of nitrogens with zero attached hydrogens (tertiary/aromatic N) is 3. The third-order valence-electron chi connectivity index (χ3n) is 2.92. The minimum Gasteiger partial charge on any atom is -0.337 e. The van der Waals surface area contributed by atoms with E-state index in [1.165, 1.54) is 12.1 Å². The summed E-state index contributed by atoms with van der Waals surface area (Å²) in [6, 6.07) is 6.04. The molecule has 2 aromatic rings. The van der Waals surface area contributed by atoms with Gasteiger partial charge >= 0.3 is 0 Å². The van der Waals surface area contributed by atoms with Crippen LogP contribution in [0.1, 0.15) is 16.2 Å². The van der Waals surface area contributed by atoms with Crippen molar-refractivity contribution in [2.75, 3.05) is 13.6 Å². The van der Waals surface area contributed by atoms with Crippen molar-refractivity contribution < 1.29 is 9.18 Å². The summed E-state index contributed by atoms with van der Waals surface area (Å²) in [5.41, 5.74) is 0.134. The molecule has 4 nitrogen and oxygen atoms in total. The van der Waals surface area contributed by atoms with Crippen LogP contribution in [0.3, 0.4) is 0 Å². The number of halogens is 1. The molecule has 1 heterocycles. The minimum atomic E-state index is -0.474. The van der Waals surface area contributed by atoms with Crippen molar-refractivity contribution in [1.82, 2.24) is 14.5 Å². The topological polar surface area (TPSA) is 38.1 Å². The Morgan fingerprint density at radius 2 is 2.16 bits per heavy atom. The summed E-state index contributed by atoms with van der Waals surface area (Å²) in [6.07, 6.45) is 3.56. The van der Waals surface area contributed by atoms with Gasteiger partial charge in [-0.05, 0) is 19.2 Å². The Bertz CT molecular complexity index is 580. The number of aryl methyl sites for hydroxylation is 1. The summed E-state index contributed by atoms with van der Waals surface area (Å²) in [5, 5.41) is 0. The van der Waals surface area contributed by atoms with Crippen LogP contribution in [0.2, 0.25) is 0 Å². The molecule has 2 rings (SSSR count). The van der Waals surface area contributed by atoms with Crippen molar-refractivity contribution in [3.05, 3.63) is 53.9 Å². The highest BCUT2D eigenvalue weighted by Gasteiger charge is 2.14. The molecule has 0 amide bonds. The van der Waals surface area contributed by atoms with Crippen LogP contribution in [-0.2, 0) is 13.6 Å². The number of likely N-dealkylation sites (N-methyl/N-ethyl adjacent to an activating group) is 1. The van der Waals surface area contributed by atoms with Crippen molar-refractivity contribution in [3.8, 4) is 0 Å². The highest BCUT2D eigenvalue weighted by molar-refractivity contribution is 5.97. The van der Waals surface area contributed by atoms with E-state index in [0.29, 0.717) is 6.54 Å². The lowest BCUT2D eigenvalue weighted by molar-refractivity contribution is 0.0937. The average molecular weight is 261 g/mol. The van der Waals surface area contributed by atoms with E-state index < -0.39 is 5.82 Å². The van der Waals surface area contributed by atoms with Gasteiger partial charge in [0.2, 0.25) is 0 Å². The zero-order valence-electron chi connectivity index (χ0n) is 11.0. The highest BCUT2D eigenvalue weighted by atomic mass is 19.1. The summed E-state index contributed by atoms with van der Waals surface area (Å²) in [7, 11) is 3.71. The summed E-state index contributed by atoms with van der Waals surface area (Å²) >= 11 is 0. The van der Waals surface area contributed by atoms with Gasteiger partial charge in [-0.25, -0.2) is 9.37 Å².